The molecule has 0 radical (unpaired) electrons. The van der Waals surface area contributed by atoms with Gasteiger partial charge in [0.25, 0.3) is 5.91 Å². The topological polar surface area (TPSA) is 88.4 Å². The van der Waals surface area contributed by atoms with Crippen molar-refractivity contribution in [3.8, 4) is 0 Å². The molecule has 0 aliphatic heterocycles. The Morgan fingerprint density at radius 1 is 1.07 bits per heavy atom. The van der Waals surface area contributed by atoms with Crippen LogP contribution in [-0.4, -0.2) is 20.4 Å². The van der Waals surface area contributed by atoms with Crippen molar-refractivity contribution in [2.24, 2.45) is 0 Å². The molecule has 2 N–H and O–H groups in total. The van der Waals surface area contributed by atoms with E-state index in [1.54, 1.807) is 25.1 Å². The zero-order chi connectivity index (χ0) is 21.6. The monoisotopic (exact) mass is 426 g/mol. The summed E-state index contributed by atoms with van der Waals surface area (Å²) < 4.78 is 32.9. The van der Waals surface area contributed by atoms with Crippen molar-refractivity contribution < 1.29 is 17.6 Å². The lowest BCUT2D eigenvalue weighted by Gasteiger charge is -2.16. The van der Waals surface area contributed by atoms with Gasteiger partial charge in [-0.3, -0.25) is 4.79 Å². The molecule has 2 aromatic carbocycles. The Morgan fingerprint density at radius 3 is 2.53 bits per heavy atom. The molecule has 0 spiro atoms. The van der Waals surface area contributed by atoms with Gasteiger partial charge in [0, 0.05) is 11.6 Å². The normalized spacial score (nSPS) is 12.5. The molecule has 0 saturated heterocycles. The molecule has 0 saturated carbocycles. The van der Waals surface area contributed by atoms with E-state index in [0.29, 0.717) is 16.9 Å². The van der Waals surface area contributed by atoms with Crippen molar-refractivity contribution in [2.75, 3.05) is 0 Å². The van der Waals surface area contributed by atoms with E-state index < -0.39 is 10.0 Å². The third kappa shape index (κ3) is 5.81. The summed E-state index contributed by atoms with van der Waals surface area (Å²) in [6.07, 6.45) is 3.13. The van der Waals surface area contributed by atoms with Crippen LogP contribution >= 0.6 is 0 Å². The molecule has 7 heteroatoms. The lowest BCUT2D eigenvalue weighted by atomic mass is 10.0. The quantitative estimate of drug-likeness (QED) is 0.544. The second kappa shape index (κ2) is 9.73. The van der Waals surface area contributed by atoms with Crippen molar-refractivity contribution in [1.29, 1.82) is 0 Å². The number of benzene rings is 2. The number of amides is 1. The highest BCUT2D eigenvalue weighted by atomic mass is 32.2. The fraction of sp³-hybridized carbons (Fsp3) is 0.261. The number of hydrogen-bond acceptors (Lipinski definition) is 4. The Morgan fingerprint density at radius 2 is 1.83 bits per heavy atom. The Bertz CT molecular complexity index is 1080. The highest BCUT2D eigenvalue weighted by molar-refractivity contribution is 7.89. The van der Waals surface area contributed by atoms with Crippen LogP contribution in [0.1, 0.15) is 40.6 Å². The van der Waals surface area contributed by atoms with Crippen LogP contribution in [0.4, 0.5) is 0 Å². The molecule has 1 heterocycles. The molecule has 6 nitrogen and oxygen atoms in total. The van der Waals surface area contributed by atoms with Crippen LogP contribution < -0.4 is 10.0 Å². The van der Waals surface area contributed by atoms with Crippen LogP contribution in [-0.2, 0) is 23.0 Å². The van der Waals surface area contributed by atoms with Crippen LogP contribution in [0.3, 0.4) is 0 Å². The summed E-state index contributed by atoms with van der Waals surface area (Å²) in [6, 6.07) is 18.0. The second-order valence-electron chi connectivity index (χ2n) is 7.28. The van der Waals surface area contributed by atoms with Gasteiger partial charge in [-0.25, -0.2) is 13.1 Å². The molecule has 0 fully saturated rings. The van der Waals surface area contributed by atoms with E-state index in [-0.39, 0.29) is 23.4 Å². The van der Waals surface area contributed by atoms with E-state index in [0.717, 1.165) is 12.8 Å². The summed E-state index contributed by atoms with van der Waals surface area (Å²) in [5.74, 6) is 0.229. The number of rotatable bonds is 9. The molecular formula is C23H26N2O4S. The molecule has 0 bridgehead atoms. The van der Waals surface area contributed by atoms with Gasteiger partial charge in [0.1, 0.15) is 5.76 Å². The van der Waals surface area contributed by atoms with Gasteiger partial charge in [-0.15, -0.1) is 0 Å². The number of carbonyl (C=O) groups excluding carboxylic acids is 1. The van der Waals surface area contributed by atoms with E-state index in [1.807, 2.05) is 25.1 Å². The van der Waals surface area contributed by atoms with Crippen molar-refractivity contribution in [3.63, 3.8) is 0 Å². The van der Waals surface area contributed by atoms with Gasteiger partial charge in [0.15, 0.2) is 0 Å². The van der Waals surface area contributed by atoms with Gasteiger partial charge in [0.05, 0.1) is 17.7 Å². The molecule has 1 amide bonds. The molecule has 30 heavy (non-hydrogen) atoms. The fourth-order valence-corrected chi connectivity index (χ4v) is 4.10. The number of nitrogens with one attached hydrogen (secondary N) is 2. The summed E-state index contributed by atoms with van der Waals surface area (Å²) in [5.41, 5.74) is 2.28. The molecule has 0 aliphatic carbocycles. The Hall–Kier alpha value is -2.90. The standard InChI is InChI=1S/C23H26N2O4S/c1-17-10-13-21(30(27,28)24-16-20-9-6-14-29-20)15-22(17)23(26)25-18(2)11-12-19-7-4-3-5-8-19/h3-10,13-15,18,24H,11-12,16H2,1-2H3,(H,25,26). The van der Waals surface area contributed by atoms with Gasteiger partial charge < -0.3 is 9.73 Å². The average molecular weight is 427 g/mol. The maximum Gasteiger partial charge on any atom is 0.251 e. The van der Waals surface area contributed by atoms with Crippen LogP contribution in [0.5, 0.6) is 0 Å². The third-order valence-electron chi connectivity index (χ3n) is 4.87. The first-order valence-electron chi connectivity index (χ1n) is 9.82. The highest BCUT2D eigenvalue weighted by Gasteiger charge is 2.19. The molecule has 3 rings (SSSR count). The van der Waals surface area contributed by atoms with Crippen molar-refractivity contribution in [2.45, 2.75) is 44.2 Å². The lowest BCUT2D eigenvalue weighted by Crippen LogP contribution is -2.33. The van der Waals surface area contributed by atoms with Gasteiger partial charge in [-0.05, 0) is 62.1 Å². The maximum atomic E-state index is 12.8. The van der Waals surface area contributed by atoms with Gasteiger partial charge >= 0.3 is 0 Å². The first-order valence-corrected chi connectivity index (χ1v) is 11.3. The van der Waals surface area contributed by atoms with Crippen LogP contribution in [0.15, 0.2) is 76.2 Å². The Labute approximate surface area is 177 Å². The van der Waals surface area contributed by atoms with E-state index in [4.69, 9.17) is 4.42 Å². The number of hydrogen-bond donors (Lipinski definition) is 2. The molecule has 158 valence electrons. The summed E-state index contributed by atoms with van der Waals surface area (Å²) >= 11 is 0. The zero-order valence-corrected chi connectivity index (χ0v) is 17.9. The average Bonchev–Trinajstić information content (AvgIpc) is 3.25. The molecule has 0 aliphatic rings. The third-order valence-corrected chi connectivity index (χ3v) is 6.27. The molecule has 1 atom stereocenters. The number of sulfonamides is 1. The van der Waals surface area contributed by atoms with Gasteiger partial charge in [0.2, 0.25) is 10.0 Å². The maximum absolute atomic E-state index is 12.8. The summed E-state index contributed by atoms with van der Waals surface area (Å²) in [6.45, 7) is 3.78. The Kier molecular flexibility index (Phi) is 7.07. The number of carbonyl (C=O) groups is 1. The highest BCUT2D eigenvalue weighted by Crippen LogP contribution is 2.17. The lowest BCUT2D eigenvalue weighted by molar-refractivity contribution is 0.0937. The summed E-state index contributed by atoms with van der Waals surface area (Å²) in [5, 5.41) is 2.97. The van der Waals surface area contributed by atoms with E-state index in [1.165, 1.54) is 24.0 Å². The minimum Gasteiger partial charge on any atom is -0.468 e. The van der Waals surface area contributed by atoms with Crippen molar-refractivity contribution >= 4 is 15.9 Å². The summed E-state index contributed by atoms with van der Waals surface area (Å²) in [4.78, 5) is 12.8. The van der Waals surface area contributed by atoms with E-state index in [9.17, 15) is 13.2 Å². The fourth-order valence-electron chi connectivity index (χ4n) is 3.08. The van der Waals surface area contributed by atoms with Gasteiger partial charge in [-0.2, -0.15) is 0 Å². The second-order valence-corrected chi connectivity index (χ2v) is 9.05. The smallest absolute Gasteiger partial charge is 0.251 e. The predicted octanol–water partition coefficient (Wildman–Crippen LogP) is 3.82. The molecular weight excluding hydrogens is 400 g/mol. The van der Waals surface area contributed by atoms with Gasteiger partial charge in [-0.1, -0.05) is 36.4 Å². The molecule has 1 aromatic heterocycles. The predicted molar refractivity (Wildman–Crippen MR) is 116 cm³/mol. The zero-order valence-electron chi connectivity index (χ0n) is 17.1. The van der Waals surface area contributed by atoms with E-state index in [2.05, 4.69) is 22.2 Å². The van der Waals surface area contributed by atoms with Crippen LogP contribution in [0, 0.1) is 6.92 Å². The Balaban J connectivity index is 1.65. The SMILES string of the molecule is Cc1ccc(S(=O)(=O)NCc2ccco2)cc1C(=O)NC(C)CCc1ccccc1. The largest absolute Gasteiger partial charge is 0.468 e. The molecule has 1 unspecified atom stereocenters. The first kappa shape index (κ1) is 21.8. The minimum absolute atomic E-state index is 0.0429. The number of furan rings is 1. The van der Waals surface area contributed by atoms with E-state index >= 15 is 0 Å². The minimum atomic E-state index is -3.77. The number of aryl methyl sites for hydroxylation is 2. The first-order chi connectivity index (χ1) is 14.3. The van der Waals surface area contributed by atoms with Crippen molar-refractivity contribution in [3.05, 3.63) is 89.4 Å². The summed E-state index contributed by atoms with van der Waals surface area (Å²) in [7, 11) is -3.77. The molecule has 3 aromatic rings. The van der Waals surface area contributed by atoms with Crippen molar-refractivity contribution in [1.82, 2.24) is 10.0 Å². The van der Waals surface area contributed by atoms with Crippen LogP contribution in [0.25, 0.3) is 0 Å². The van der Waals surface area contributed by atoms with Crippen LogP contribution in [0.2, 0.25) is 0 Å².